The zero-order valence-corrected chi connectivity index (χ0v) is 23.3. The van der Waals surface area contributed by atoms with Crippen LogP contribution in [-0.2, 0) is 26.3 Å². The van der Waals surface area contributed by atoms with Gasteiger partial charge >= 0.3 is 0 Å². The fourth-order valence-corrected chi connectivity index (χ4v) is 6.92. The Labute approximate surface area is 235 Å². The summed E-state index contributed by atoms with van der Waals surface area (Å²) in [4.78, 5) is 35.1. The molecular formula is C25H28Cl2N6O5S. The SMILES string of the molecule is CS(=O)(=O)N[C@H]1CCCC[C@@H]1N1C(=O)c2ccccc2[C@@H](C(=O)NOCc2n[nH][nH]2)[C@@H]1c1ccc(Cl)cc1Cl. The number of hydrogen-bond acceptors (Lipinski definition) is 6. The second-order valence-corrected chi connectivity index (χ2v) is 12.4. The summed E-state index contributed by atoms with van der Waals surface area (Å²) < 4.78 is 27.3. The summed E-state index contributed by atoms with van der Waals surface area (Å²) in [5, 5.41) is 9.78. The number of H-pyrrole nitrogens is 2. The molecule has 2 aromatic carbocycles. The number of amides is 2. The minimum atomic E-state index is -3.57. The van der Waals surface area contributed by atoms with Crippen LogP contribution >= 0.6 is 23.2 Å². The molecule has 1 aliphatic carbocycles. The van der Waals surface area contributed by atoms with Gasteiger partial charge in [-0.15, -0.1) is 5.10 Å². The Morgan fingerprint density at radius 1 is 1.15 bits per heavy atom. The van der Waals surface area contributed by atoms with Crippen molar-refractivity contribution in [1.82, 2.24) is 30.5 Å². The lowest BCUT2D eigenvalue weighted by Gasteiger charge is -2.49. The van der Waals surface area contributed by atoms with Crippen LogP contribution in [-0.4, -0.2) is 58.9 Å². The number of nitrogens with one attached hydrogen (secondary N) is 4. The van der Waals surface area contributed by atoms with E-state index in [9.17, 15) is 18.0 Å². The maximum absolute atomic E-state index is 14.2. The highest BCUT2D eigenvalue weighted by Gasteiger charge is 2.49. The lowest BCUT2D eigenvalue weighted by molar-refractivity contribution is -0.138. The summed E-state index contributed by atoms with van der Waals surface area (Å²) in [6, 6.07) is 9.89. The van der Waals surface area contributed by atoms with Crippen LogP contribution in [0.4, 0.5) is 0 Å². The van der Waals surface area contributed by atoms with E-state index in [1.165, 1.54) is 0 Å². The Hall–Kier alpha value is -2.90. The van der Waals surface area contributed by atoms with E-state index in [1.807, 2.05) is 0 Å². The Bertz CT molecular complexity index is 1470. The van der Waals surface area contributed by atoms with E-state index >= 15 is 0 Å². The largest absolute Gasteiger partial charge is 0.326 e. The van der Waals surface area contributed by atoms with Gasteiger partial charge in [-0.3, -0.25) is 19.5 Å². The highest BCUT2D eigenvalue weighted by atomic mass is 35.5. The Kier molecular flexibility index (Phi) is 8.01. The zero-order valence-electron chi connectivity index (χ0n) is 21.0. The van der Waals surface area contributed by atoms with E-state index in [4.69, 9.17) is 28.0 Å². The number of aromatic nitrogens is 3. The van der Waals surface area contributed by atoms with Crippen molar-refractivity contribution in [2.24, 2.45) is 0 Å². The Morgan fingerprint density at radius 3 is 2.59 bits per heavy atom. The monoisotopic (exact) mass is 594 g/mol. The molecular weight excluding hydrogens is 567 g/mol. The van der Waals surface area contributed by atoms with Gasteiger partial charge in [0, 0.05) is 27.7 Å². The first-order valence-electron chi connectivity index (χ1n) is 12.5. The van der Waals surface area contributed by atoms with Gasteiger partial charge in [-0.25, -0.2) is 23.8 Å². The normalized spacial score (nSPS) is 23.5. The van der Waals surface area contributed by atoms with Crippen LogP contribution in [0.3, 0.4) is 0 Å². The summed E-state index contributed by atoms with van der Waals surface area (Å²) in [6.07, 6.45) is 3.80. The van der Waals surface area contributed by atoms with Gasteiger partial charge in [0.1, 0.15) is 6.61 Å². The first kappa shape index (κ1) is 27.7. The first-order valence-corrected chi connectivity index (χ1v) is 15.1. The Morgan fingerprint density at radius 2 is 1.90 bits per heavy atom. The lowest BCUT2D eigenvalue weighted by atomic mass is 9.76. The molecule has 39 heavy (non-hydrogen) atoms. The van der Waals surface area contributed by atoms with Crippen molar-refractivity contribution in [3.63, 3.8) is 0 Å². The molecule has 0 spiro atoms. The van der Waals surface area contributed by atoms with Gasteiger partial charge in [0.25, 0.3) is 11.8 Å². The number of rotatable bonds is 8. The fraction of sp³-hybridized carbons (Fsp3) is 0.400. The lowest BCUT2D eigenvalue weighted by Crippen LogP contribution is -2.59. The summed E-state index contributed by atoms with van der Waals surface area (Å²) >= 11 is 12.9. The number of nitrogens with zero attached hydrogens (tertiary/aromatic N) is 2. The fourth-order valence-electron chi connectivity index (χ4n) is 5.57. The number of carbonyl (C=O) groups is 2. The van der Waals surface area contributed by atoms with E-state index in [2.05, 4.69) is 25.6 Å². The van der Waals surface area contributed by atoms with Crippen molar-refractivity contribution in [3.05, 3.63) is 75.0 Å². The maximum atomic E-state index is 14.2. The molecule has 14 heteroatoms. The number of halogens is 2. The van der Waals surface area contributed by atoms with Crippen molar-refractivity contribution in [2.75, 3.05) is 6.26 Å². The van der Waals surface area contributed by atoms with Gasteiger partial charge in [-0.1, -0.05) is 60.3 Å². The molecule has 1 saturated carbocycles. The molecule has 2 aliphatic rings. The van der Waals surface area contributed by atoms with Gasteiger partial charge < -0.3 is 4.90 Å². The van der Waals surface area contributed by atoms with Gasteiger partial charge in [0.15, 0.2) is 5.82 Å². The molecule has 3 aromatic rings. The summed E-state index contributed by atoms with van der Waals surface area (Å²) in [5.41, 5.74) is 3.89. The van der Waals surface area contributed by atoms with Crippen molar-refractivity contribution < 1.29 is 22.8 Å². The average molecular weight is 596 g/mol. The standard InChI is InChI=1S/C25H28Cl2N6O5S/c1-39(36,37)31-19-8-4-5-9-20(19)33-23(17-11-10-14(26)12-18(17)27)22(15-6-2-3-7-16(15)25(33)35)24(34)30-38-13-21-28-32-29-21/h2-3,6-7,10-12,19-20,22-23,31-32H,4-5,8-9,13H2,1H3,(H,28,29)(H,30,34)/t19-,20-,22+,23-/m0/s1. The summed E-state index contributed by atoms with van der Waals surface area (Å²) in [5.74, 6) is -1.22. The molecule has 1 aliphatic heterocycles. The summed E-state index contributed by atoms with van der Waals surface area (Å²) in [6.45, 7) is 0.00506. The molecule has 4 N–H and O–H groups in total. The van der Waals surface area contributed by atoms with Gasteiger partial charge in [0.2, 0.25) is 10.0 Å². The van der Waals surface area contributed by atoms with Crippen molar-refractivity contribution in [3.8, 4) is 0 Å². The number of benzene rings is 2. The third kappa shape index (κ3) is 5.85. The van der Waals surface area contributed by atoms with Crippen LogP contribution < -0.4 is 10.2 Å². The number of fused-ring (bicyclic) bond motifs is 1. The van der Waals surface area contributed by atoms with E-state index < -0.39 is 40.0 Å². The number of hydroxylamine groups is 1. The molecule has 208 valence electrons. The highest BCUT2D eigenvalue weighted by Crippen LogP contribution is 2.47. The van der Waals surface area contributed by atoms with Crippen LogP contribution in [0.5, 0.6) is 0 Å². The molecule has 0 bridgehead atoms. The molecule has 1 fully saturated rings. The van der Waals surface area contributed by atoms with Crippen LogP contribution in [0, 0.1) is 0 Å². The number of sulfonamides is 1. The maximum Gasteiger partial charge on any atom is 0.255 e. The molecule has 2 amide bonds. The predicted molar refractivity (Wildman–Crippen MR) is 144 cm³/mol. The third-order valence-corrected chi connectivity index (χ3v) is 8.46. The summed E-state index contributed by atoms with van der Waals surface area (Å²) in [7, 11) is -3.57. The average Bonchev–Trinajstić information content (AvgIpc) is 2.85. The van der Waals surface area contributed by atoms with Gasteiger partial charge in [-0.2, -0.15) is 0 Å². The molecule has 1 aromatic heterocycles. The molecule has 0 unspecified atom stereocenters. The van der Waals surface area contributed by atoms with E-state index in [0.717, 1.165) is 19.1 Å². The second kappa shape index (κ2) is 11.3. The molecule has 0 saturated heterocycles. The predicted octanol–water partition coefficient (Wildman–Crippen LogP) is 3.43. The van der Waals surface area contributed by atoms with Crippen LogP contribution in [0.2, 0.25) is 10.0 Å². The minimum absolute atomic E-state index is 0.00506. The van der Waals surface area contributed by atoms with Gasteiger partial charge in [0.05, 0.1) is 18.2 Å². The number of hydrogen-bond donors (Lipinski definition) is 4. The molecule has 2 heterocycles. The van der Waals surface area contributed by atoms with E-state index in [-0.39, 0.29) is 17.5 Å². The number of carbonyl (C=O) groups excluding carboxylic acids is 2. The quantitative estimate of drug-likeness (QED) is 0.293. The van der Waals surface area contributed by atoms with Crippen molar-refractivity contribution >= 4 is 45.0 Å². The molecule has 0 radical (unpaired) electrons. The van der Waals surface area contributed by atoms with E-state index in [0.29, 0.717) is 40.4 Å². The van der Waals surface area contributed by atoms with Gasteiger partial charge in [-0.05, 0) is 42.2 Å². The second-order valence-electron chi connectivity index (χ2n) is 9.79. The Balaban J connectivity index is 1.63. The smallest absolute Gasteiger partial charge is 0.255 e. The van der Waals surface area contributed by atoms with Crippen LogP contribution in [0.15, 0.2) is 42.5 Å². The van der Waals surface area contributed by atoms with Crippen LogP contribution in [0.25, 0.3) is 0 Å². The first-order chi connectivity index (χ1) is 18.6. The minimum Gasteiger partial charge on any atom is -0.326 e. The topological polar surface area (TPSA) is 149 Å². The van der Waals surface area contributed by atoms with E-state index in [1.54, 1.807) is 47.4 Å². The third-order valence-electron chi connectivity index (χ3n) is 7.16. The molecule has 5 rings (SSSR count). The van der Waals surface area contributed by atoms with Crippen molar-refractivity contribution in [2.45, 2.75) is 56.3 Å². The molecule has 4 atom stereocenters. The highest BCUT2D eigenvalue weighted by molar-refractivity contribution is 7.88. The zero-order chi connectivity index (χ0) is 27.7. The molecule has 11 nitrogen and oxygen atoms in total. The van der Waals surface area contributed by atoms with Crippen LogP contribution in [0.1, 0.15) is 65.0 Å². The number of aromatic amines is 2. The van der Waals surface area contributed by atoms with Crippen molar-refractivity contribution in [1.29, 1.82) is 0 Å².